The Bertz CT molecular complexity index is 258. The highest BCUT2D eigenvalue weighted by Gasteiger charge is 2.06. The van der Waals surface area contributed by atoms with Crippen LogP contribution in [-0.4, -0.2) is 15.5 Å². The van der Waals surface area contributed by atoms with E-state index in [4.69, 9.17) is 5.26 Å². The number of aromatic nitrogens is 2. The Morgan fingerprint density at radius 1 is 1.55 bits per heavy atom. The lowest BCUT2D eigenvalue weighted by atomic mass is 10.7. The van der Waals surface area contributed by atoms with Crippen molar-refractivity contribution in [3.63, 3.8) is 0 Å². The second-order valence-electron chi connectivity index (χ2n) is 1.59. The molecular formula is C6H4FN3S. The lowest BCUT2D eigenvalue weighted by Crippen LogP contribution is -1.91. The summed E-state index contributed by atoms with van der Waals surface area (Å²) in [4.78, 5) is 7.45. The van der Waals surface area contributed by atoms with E-state index in [-0.39, 0.29) is 5.16 Å². The molecule has 3 nitrogen and oxygen atoms in total. The molecular weight excluding hydrogens is 165 g/mol. The maximum Gasteiger partial charge on any atom is 0.238 e. The SMILES string of the molecule is N#CC(F)Sc1ncccn1. The number of nitriles is 1. The predicted molar refractivity (Wildman–Crippen MR) is 38.4 cm³/mol. The minimum Gasteiger partial charge on any atom is -0.231 e. The molecule has 1 aromatic heterocycles. The zero-order valence-electron chi connectivity index (χ0n) is 5.44. The lowest BCUT2D eigenvalue weighted by molar-refractivity contribution is 0.527. The average molecular weight is 169 g/mol. The molecule has 0 saturated heterocycles. The van der Waals surface area contributed by atoms with E-state index >= 15 is 0 Å². The number of thioether (sulfide) groups is 1. The molecule has 0 spiro atoms. The molecule has 1 unspecified atom stereocenters. The van der Waals surface area contributed by atoms with Crippen molar-refractivity contribution in [3.05, 3.63) is 18.5 Å². The summed E-state index contributed by atoms with van der Waals surface area (Å²) in [5, 5.41) is 8.37. The number of rotatable bonds is 2. The predicted octanol–water partition coefficient (Wildman–Crippen LogP) is 1.39. The monoisotopic (exact) mass is 169 g/mol. The maximum atomic E-state index is 12.3. The van der Waals surface area contributed by atoms with Crippen molar-refractivity contribution in [1.29, 1.82) is 5.26 Å². The molecule has 0 aliphatic heterocycles. The molecule has 0 fully saturated rings. The zero-order chi connectivity index (χ0) is 8.10. The lowest BCUT2D eigenvalue weighted by Gasteiger charge is -1.94. The molecule has 0 aliphatic carbocycles. The number of hydrogen-bond acceptors (Lipinski definition) is 4. The molecule has 56 valence electrons. The Hall–Kier alpha value is -1.15. The van der Waals surface area contributed by atoms with Gasteiger partial charge in [-0.25, -0.2) is 14.4 Å². The fourth-order valence-electron chi connectivity index (χ4n) is 0.465. The second kappa shape index (κ2) is 3.88. The average Bonchev–Trinajstić information content (AvgIpc) is 2.06. The van der Waals surface area contributed by atoms with Crippen LogP contribution in [0.25, 0.3) is 0 Å². The van der Waals surface area contributed by atoms with Crippen LogP contribution in [0.2, 0.25) is 0 Å². The molecule has 1 aromatic rings. The Morgan fingerprint density at radius 3 is 2.73 bits per heavy atom. The number of halogens is 1. The van der Waals surface area contributed by atoms with Crippen LogP contribution in [0, 0.1) is 11.3 Å². The minimum atomic E-state index is -1.59. The van der Waals surface area contributed by atoms with Crippen molar-refractivity contribution in [2.24, 2.45) is 0 Å². The third kappa shape index (κ3) is 2.51. The molecule has 11 heavy (non-hydrogen) atoms. The van der Waals surface area contributed by atoms with Gasteiger partial charge in [-0.2, -0.15) is 5.26 Å². The van der Waals surface area contributed by atoms with E-state index in [1.54, 1.807) is 6.07 Å². The molecule has 0 aromatic carbocycles. The van der Waals surface area contributed by atoms with E-state index in [0.717, 1.165) is 0 Å². The third-order valence-corrected chi connectivity index (χ3v) is 1.59. The van der Waals surface area contributed by atoms with Crippen molar-refractivity contribution in [3.8, 4) is 6.07 Å². The smallest absolute Gasteiger partial charge is 0.231 e. The molecule has 0 radical (unpaired) electrons. The highest BCUT2D eigenvalue weighted by atomic mass is 32.2. The highest BCUT2D eigenvalue weighted by molar-refractivity contribution is 7.99. The van der Waals surface area contributed by atoms with E-state index in [1.807, 2.05) is 0 Å². The molecule has 0 bridgehead atoms. The van der Waals surface area contributed by atoms with Gasteiger partial charge in [0.05, 0.1) is 0 Å². The van der Waals surface area contributed by atoms with Gasteiger partial charge in [0.1, 0.15) is 6.07 Å². The van der Waals surface area contributed by atoms with Gasteiger partial charge in [-0.15, -0.1) is 0 Å². The number of hydrogen-bond donors (Lipinski definition) is 0. The molecule has 1 heterocycles. The Labute approximate surface area is 67.3 Å². The minimum absolute atomic E-state index is 0.279. The summed E-state index contributed by atoms with van der Waals surface area (Å²) < 4.78 is 12.3. The van der Waals surface area contributed by atoms with E-state index in [9.17, 15) is 4.39 Å². The summed E-state index contributed by atoms with van der Waals surface area (Å²) in [5.41, 5.74) is -1.59. The van der Waals surface area contributed by atoms with Crippen molar-refractivity contribution < 1.29 is 4.39 Å². The first-order chi connectivity index (χ1) is 5.33. The van der Waals surface area contributed by atoms with Crippen molar-refractivity contribution >= 4 is 11.8 Å². The van der Waals surface area contributed by atoms with Crippen LogP contribution in [0.3, 0.4) is 0 Å². The third-order valence-electron chi connectivity index (χ3n) is 0.852. The van der Waals surface area contributed by atoms with Crippen LogP contribution >= 0.6 is 11.8 Å². The fourth-order valence-corrected chi connectivity index (χ4v) is 0.946. The topological polar surface area (TPSA) is 49.6 Å². The van der Waals surface area contributed by atoms with Crippen LogP contribution in [-0.2, 0) is 0 Å². The fraction of sp³-hybridized carbons (Fsp3) is 0.167. The highest BCUT2D eigenvalue weighted by Crippen LogP contribution is 2.18. The van der Waals surface area contributed by atoms with Crippen LogP contribution in [0.5, 0.6) is 0 Å². The van der Waals surface area contributed by atoms with Gasteiger partial charge in [-0.1, -0.05) is 0 Å². The van der Waals surface area contributed by atoms with Crippen molar-refractivity contribution in [2.75, 3.05) is 0 Å². The van der Waals surface area contributed by atoms with Crippen LogP contribution in [0.4, 0.5) is 4.39 Å². The van der Waals surface area contributed by atoms with Gasteiger partial charge >= 0.3 is 0 Å². The summed E-state index contributed by atoms with van der Waals surface area (Å²) >= 11 is 0.694. The summed E-state index contributed by atoms with van der Waals surface area (Å²) in [6, 6.07) is 3.06. The Kier molecular flexibility index (Phi) is 2.81. The molecule has 5 heteroatoms. The van der Waals surface area contributed by atoms with Gasteiger partial charge < -0.3 is 0 Å². The molecule has 1 rings (SSSR count). The number of nitrogens with zero attached hydrogens (tertiary/aromatic N) is 3. The van der Waals surface area contributed by atoms with Crippen molar-refractivity contribution in [2.45, 2.75) is 10.7 Å². The Morgan fingerprint density at radius 2 is 2.18 bits per heavy atom. The van der Waals surface area contributed by atoms with Gasteiger partial charge in [0.25, 0.3) is 0 Å². The largest absolute Gasteiger partial charge is 0.238 e. The first kappa shape index (κ1) is 7.95. The Balaban J connectivity index is 2.60. The maximum absolute atomic E-state index is 12.3. The van der Waals surface area contributed by atoms with Gasteiger partial charge in [0.15, 0.2) is 5.16 Å². The van der Waals surface area contributed by atoms with E-state index in [2.05, 4.69) is 9.97 Å². The summed E-state index contributed by atoms with van der Waals surface area (Å²) in [7, 11) is 0. The molecule has 0 saturated carbocycles. The van der Waals surface area contributed by atoms with Crippen LogP contribution < -0.4 is 0 Å². The first-order valence-electron chi connectivity index (χ1n) is 2.80. The van der Waals surface area contributed by atoms with E-state index in [0.29, 0.717) is 11.8 Å². The molecule has 0 amide bonds. The van der Waals surface area contributed by atoms with Crippen molar-refractivity contribution in [1.82, 2.24) is 9.97 Å². The molecule has 0 aliphatic rings. The quantitative estimate of drug-likeness (QED) is 0.495. The molecule has 0 N–H and O–H groups in total. The van der Waals surface area contributed by atoms with Gasteiger partial charge in [0, 0.05) is 12.4 Å². The first-order valence-corrected chi connectivity index (χ1v) is 3.68. The normalized spacial score (nSPS) is 12.0. The zero-order valence-corrected chi connectivity index (χ0v) is 6.25. The van der Waals surface area contributed by atoms with Crippen LogP contribution in [0.1, 0.15) is 0 Å². The summed E-state index contributed by atoms with van der Waals surface area (Å²) in [6.45, 7) is 0. The van der Waals surface area contributed by atoms with Crippen LogP contribution in [0.15, 0.2) is 23.6 Å². The number of alkyl halides is 1. The van der Waals surface area contributed by atoms with E-state index < -0.39 is 5.50 Å². The van der Waals surface area contributed by atoms with Gasteiger partial charge in [-0.05, 0) is 17.8 Å². The summed E-state index contributed by atoms with van der Waals surface area (Å²) in [5.74, 6) is 0. The van der Waals surface area contributed by atoms with E-state index in [1.165, 1.54) is 18.5 Å². The standard InChI is InChI=1S/C6H4FN3S/c7-5(4-8)11-6-9-2-1-3-10-6/h1-3,5H. The van der Waals surface area contributed by atoms with Gasteiger partial charge in [0.2, 0.25) is 5.50 Å². The van der Waals surface area contributed by atoms with Gasteiger partial charge in [-0.3, -0.25) is 0 Å². The second-order valence-corrected chi connectivity index (χ2v) is 2.61. The molecule has 1 atom stereocenters. The summed E-state index contributed by atoms with van der Waals surface area (Å²) in [6.07, 6.45) is 3.00.